The molecule has 2 aromatic rings. The molecule has 0 aliphatic rings. The molecule has 0 bridgehead atoms. The van der Waals surface area contributed by atoms with Gasteiger partial charge in [-0.3, -0.25) is 0 Å². The standard InChI is InChI=1S/C27H38O6/c1-25(2,3)18-26(4,5)33-23-10-8-19(9-11-23)24(29)32-22-14-12-21(13-15-22)31-17-20(16-28)27(6,7)30/h8-15,20,28,30H,16-18H2,1-7H3. The van der Waals surface area contributed by atoms with Gasteiger partial charge < -0.3 is 24.4 Å². The van der Waals surface area contributed by atoms with Gasteiger partial charge in [-0.15, -0.1) is 0 Å². The van der Waals surface area contributed by atoms with Gasteiger partial charge in [-0.25, -0.2) is 4.79 Å². The molecule has 1 atom stereocenters. The molecule has 0 amide bonds. The Labute approximate surface area is 197 Å². The highest BCUT2D eigenvalue weighted by molar-refractivity contribution is 5.91. The van der Waals surface area contributed by atoms with Gasteiger partial charge in [0.15, 0.2) is 0 Å². The van der Waals surface area contributed by atoms with Crippen LogP contribution in [0.15, 0.2) is 48.5 Å². The van der Waals surface area contributed by atoms with Gasteiger partial charge in [-0.05, 0) is 88.1 Å². The summed E-state index contributed by atoms with van der Waals surface area (Å²) in [6, 6.07) is 13.6. The summed E-state index contributed by atoms with van der Waals surface area (Å²) in [5, 5.41) is 19.4. The lowest BCUT2D eigenvalue weighted by atomic mass is 9.83. The van der Waals surface area contributed by atoms with Crippen LogP contribution < -0.4 is 14.2 Å². The van der Waals surface area contributed by atoms with E-state index in [9.17, 15) is 15.0 Å². The minimum absolute atomic E-state index is 0.143. The molecule has 6 heteroatoms. The first-order chi connectivity index (χ1) is 15.2. The molecule has 0 saturated carbocycles. The molecule has 2 aromatic carbocycles. The fraction of sp³-hybridized carbons (Fsp3) is 0.519. The van der Waals surface area contributed by atoms with E-state index in [-0.39, 0.29) is 24.2 Å². The second-order valence-electron chi connectivity index (χ2n) is 10.8. The molecule has 0 aromatic heterocycles. The van der Waals surface area contributed by atoms with Crippen molar-refractivity contribution in [2.24, 2.45) is 11.3 Å². The maximum Gasteiger partial charge on any atom is 0.343 e. The van der Waals surface area contributed by atoms with E-state index >= 15 is 0 Å². The Morgan fingerprint density at radius 3 is 1.85 bits per heavy atom. The van der Waals surface area contributed by atoms with Gasteiger partial charge in [-0.1, -0.05) is 20.8 Å². The van der Waals surface area contributed by atoms with Crippen LogP contribution in [0, 0.1) is 11.3 Å². The van der Waals surface area contributed by atoms with Crippen LogP contribution in [0.5, 0.6) is 17.2 Å². The number of aliphatic hydroxyl groups excluding tert-OH is 1. The zero-order valence-electron chi connectivity index (χ0n) is 20.8. The summed E-state index contributed by atoms with van der Waals surface area (Å²) in [4.78, 5) is 12.5. The van der Waals surface area contributed by atoms with Gasteiger partial charge in [0.1, 0.15) is 22.8 Å². The van der Waals surface area contributed by atoms with Crippen molar-refractivity contribution < 1.29 is 29.2 Å². The number of ether oxygens (including phenoxy) is 3. The summed E-state index contributed by atoms with van der Waals surface area (Å²) in [5.74, 6) is 0.763. The number of esters is 1. The highest BCUT2D eigenvalue weighted by atomic mass is 16.5. The average Bonchev–Trinajstić information content (AvgIpc) is 2.67. The van der Waals surface area contributed by atoms with Crippen LogP contribution in [0.4, 0.5) is 0 Å². The smallest absolute Gasteiger partial charge is 0.343 e. The fourth-order valence-electron chi connectivity index (χ4n) is 3.74. The van der Waals surface area contributed by atoms with Crippen LogP contribution >= 0.6 is 0 Å². The molecule has 0 heterocycles. The van der Waals surface area contributed by atoms with Crippen LogP contribution in [-0.4, -0.2) is 40.6 Å². The molecule has 0 spiro atoms. The number of carbonyl (C=O) groups is 1. The lowest BCUT2D eigenvalue weighted by Crippen LogP contribution is -2.37. The molecule has 2 N–H and O–H groups in total. The third-order valence-electron chi connectivity index (χ3n) is 5.15. The first-order valence-electron chi connectivity index (χ1n) is 11.3. The summed E-state index contributed by atoms with van der Waals surface area (Å²) in [6.45, 7) is 13.9. The molecule has 0 fully saturated rings. The number of carbonyl (C=O) groups excluding carboxylic acids is 1. The van der Waals surface area contributed by atoms with Gasteiger partial charge in [0.25, 0.3) is 0 Å². The Kier molecular flexibility index (Phi) is 8.55. The molecular weight excluding hydrogens is 420 g/mol. The Balaban J connectivity index is 1.93. The third kappa shape index (κ3) is 9.06. The molecule has 33 heavy (non-hydrogen) atoms. The van der Waals surface area contributed by atoms with Crippen molar-refractivity contribution in [2.75, 3.05) is 13.2 Å². The van der Waals surface area contributed by atoms with Crippen LogP contribution in [0.25, 0.3) is 0 Å². The maximum atomic E-state index is 12.5. The molecule has 1 unspecified atom stereocenters. The molecule has 6 nitrogen and oxygen atoms in total. The van der Waals surface area contributed by atoms with Crippen molar-refractivity contribution in [3.8, 4) is 17.2 Å². The lowest BCUT2D eigenvalue weighted by Gasteiger charge is -2.33. The second-order valence-corrected chi connectivity index (χ2v) is 10.8. The molecule has 0 saturated heterocycles. The second kappa shape index (κ2) is 10.6. The number of benzene rings is 2. The average molecular weight is 459 g/mol. The van der Waals surface area contributed by atoms with Crippen molar-refractivity contribution in [2.45, 2.75) is 66.1 Å². The van der Waals surface area contributed by atoms with Crippen molar-refractivity contribution in [3.63, 3.8) is 0 Å². The molecule has 2 rings (SSSR count). The molecule has 0 aliphatic heterocycles. The topological polar surface area (TPSA) is 85.2 Å². The highest BCUT2D eigenvalue weighted by Crippen LogP contribution is 2.31. The number of rotatable bonds is 10. The number of hydrogen-bond acceptors (Lipinski definition) is 6. The number of aliphatic hydroxyl groups is 2. The lowest BCUT2D eigenvalue weighted by molar-refractivity contribution is -0.0278. The Morgan fingerprint density at radius 2 is 1.36 bits per heavy atom. The zero-order valence-corrected chi connectivity index (χ0v) is 20.8. The van der Waals surface area contributed by atoms with E-state index in [2.05, 4.69) is 34.6 Å². The molecular formula is C27H38O6. The van der Waals surface area contributed by atoms with Crippen LogP contribution in [0.2, 0.25) is 0 Å². The quantitative estimate of drug-likeness (QED) is 0.373. The van der Waals surface area contributed by atoms with Crippen LogP contribution in [-0.2, 0) is 0 Å². The SMILES string of the molecule is CC(C)(C)CC(C)(C)Oc1ccc(C(=O)Oc2ccc(OCC(CO)C(C)(C)O)cc2)cc1. The van der Waals surface area contributed by atoms with Crippen molar-refractivity contribution >= 4 is 5.97 Å². The van der Waals surface area contributed by atoms with Crippen LogP contribution in [0.1, 0.15) is 65.2 Å². The van der Waals surface area contributed by atoms with Gasteiger partial charge in [0.2, 0.25) is 0 Å². The van der Waals surface area contributed by atoms with Crippen molar-refractivity contribution in [3.05, 3.63) is 54.1 Å². The predicted octanol–water partition coefficient (Wildman–Crippen LogP) is 5.26. The Hall–Kier alpha value is -2.57. The molecule has 0 radical (unpaired) electrons. The van der Waals surface area contributed by atoms with Crippen molar-refractivity contribution in [1.29, 1.82) is 0 Å². The third-order valence-corrected chi connectivity index (χ3v) is 5.15. The summed E-state index contributed by atoms with van der Waals surface area (Å²) < 4.78 is 17.2. The van der Waals surface area contributed by atoms with Crippen molar-refractivity contribution in [1.82, 2.24) is 0 Å². The summed E-state index contributed by atoms with van der Waals surface area (Å²) in [5.41, 5.74) is -0.808. The van der Waals surface area contributed by atoms with Gasteiger partial charge >= 0.3 is 5.97 Å². The molecule has 182 valence electrons. The van der Waals surface area contributed by atoms with Gasteiger partial charge in [0, 0.05) is 5.92 Å². The normalized spacial score (nSPS) is 13.4. The summed E-state index contributed by atoms with van der Waals surface area (Å²) in [6.07, 6.45) is 0.891. The fourth-order valence-corrected chi connectivity index (χ4v) is 3.74. The highest BCUT2D eigenvalue weighted by Gasteiger charge is 2.28. The summed E-state index contributed by atoms with van der Waals surface area (Å²) >= 11 is 0. The van der Waals surface area contributed by atoms with E-state index in [0.29, 0.717) is 22.8 Å². The first kappa shape index (κ1) is 26.7. The van der Waals surface area contributed by atoms with Gasteiger partial charge in [0.05, 0.1) is 24.4 Å². The van der Waals surface area contributed by atoms with E-state index in [1.807, 2.05) is 0 Å². The van der Waals surface area contributed by atoms with Crippen LogP contribution in [0.3, 0.4) is 0 Å². The first-order valence-corrected chi connectivity index (χ1v) is 11.3. The maximum absolute atomic E-state index is 12.5. The minimum atomic E-state index is -1.05. The van der Waals surface area contributed by atoms with E-state index in [0.717, 1.165) is 6.42 Å². The van der Waals surface area contributed by atoms with E-state index in [1.165, 1.54) is 0 Å². The monoisotopic (exact) mass is 458 g/mol. The van der Waals surface area contributed by atoms with E-state index in [1.54, 1.807) is 62.4 Å². The number of hydrogen-bond donors (Lipinski definition) is 2. The summed E-state index contributed by atoms with van der Waals surface area (Å²) in [7, 11) is 0. The Morgan fingerprint density at radius 1 is 0.848 bits per heavy atom. The largest absolute Gasteiger partial charge is 0.493 e. The molecule has 0 aliphatic carbocycles. The zero-order chi connectivity index (χ0) is 24.9. The Bertz CT molecular complexity index is 886. The van der Waals surface area contributed by atoms with E-state index < -0.39 is 17.5 Å². The predicted molar refractivity (Wildman–Crippen MR) is 129 cm³/mol. The van der Waals surface area contributed by atoms with Gasteiger partial charge in [-0.2, -0.15) is 0 Å². The minimum Gasteiger partial charge on any atom is -0.493 e. The van der Waals surface area contributed by atoms with E-state index in [4.69, 9.17) is 14.2 Å².